The van der Waals surface area contributed by atoms with Gasteiger partial charge in [0.1, 0.15) is 5.82 Å². The lowest BCUT2D eigenvalue weighted by Crippen LogP contribution is -2.44. The number of likely N-dealkylation sites (tertiary alicyclic amines) is 1. The van der Waals surface area contributed by atoms with Gasteiger partial charge in [0.15, 0.2) is 5.84 Å². The average Bonchev–Trinajstić information content (AvgIpc) is 2.86. The fraction of sp³-hybridized carbons (Fsp3) is 0.385. The van der Waals surface area contributed by atoms with Crippen molar-refractivity contribution in [2.45, 2.75) is 25.8 Å². The third-order valence-corrected chi connectivity index (χ3v) is 3.33. The molecule has 3 N–H and O–H groups in total. The Bertz CT molecular complexity index is 531. The maximum atomic E-state index is 13.8. The molecule has 0 saturated carbocycles. The fourth-order valence-electron chi connectivity index (χ4n) is 2.33. The maximum absolute atomic E-state index is 13.8. The second kappa shape index (κ2) is 5.26. The van der Waals surface area contributed by atoms with E-state index in [0.29, 0.717) is 13.0 Å². The van der Waals surface area contributed by atoms with E-state index in [1.807, 2.05) is 0 Å². The Hall–Kier alpha value is -2.11. The minimum atomic E-state index is -0.546. The van der Waals surface area contributed by atoms with Gasteiger partial charge in [-0.15, -0.1) is 0 Å². The molecule has 1 aliphatic heterocycles. The molecule has 0 aromatic heterocycles. The lowest BCUT2D eigenvalue weighted by atomic mass is 10.1. The van der Waals surface area contributed by atoms with Gasteiger partial charge in [-0.2, -0.15) is 0 Å². The number of amides is 1. The molecule has 1 unspecified atom stereocenters. The quantitative estimate of drug-likeness (QED) is 0.368. The number of aryl methyl sites for hydroxylation is 1. The number of rotatable bonds is 2. The highest BCUT2D eigenvalue weighted by atomic mass is 19.1. The van der Waals surface area contributed by atoms with Crippen LogP contribution >= 0.6 is 0 Å². The van der Waals surface area contributed by atoms with E-state index < -0.39 is 17.8 Å². The molecule has 0 spiro atoms. The van der Waals surface area contributed by atoms with Crippen molar-refractivity contribution in [1.29, 1.82) is 0 Å². The van der Waals surface area contributed by atoms with Crippen LogP contribution in [0.4, 0.5) is 4.39 Å². The first kappa shape index (κ1) is 13.3. The topological polar surface area (TPSA) is 78.9 Å². The first-order chi connectivity index (χ1) is 9.04. The summed E-state index contributed by atoms with van der Waals surface area (Å²) in [4.78, 5) is 13.8. The van der Waals surface area contributed by atoms with E-state index in [2.05, 4.69) is 5.16 Å². The molecule has 1 aromatic carbocycles. The number of benzene rings is 1. The van der Waals surface area contributed by atoms with Gasteiger partial charge in [0, 0.05) is 6.54 Å². The Kier molecular flexibility index (Phi) is 3.69. The molecule has 1 saturated heterocycles. The third-order valence-electron chi connectivity index (χ3n) is 3.33. The van der Waals surface area contributed by atoms with Crippen molar-refractivity contribution < 1.29 is 14.4 Å². The second-order valence-corrected chi connectivity index (χ2v) is 4.66. The van der Waals surface area contributed by atoms with Crippen LogP contribution in [0.25, 0.3) is 0 Å². The van der Waals surface area contributed by atoms with Gasteiger partial charge < -0.3 is 15.8 Å². The van der Waals surface area contributed by atoms with Crippen LogP contribution in [0, 0.1) is 12.7 Å². The van der Waals surface area contributed by atoms with Gasteiger partial charge in [-0.3, -0.25) is 4.79 Å². The zero-order valence-corrected chi connectivity index (χ0v) is 10.6. The summed E-state index contributed by atoms with van der Waals surface area (Å²) in [6.45, 7) is 2.24. The van der Waals surface area contributed by atoms with Crippen LogP contribution in [-0.2, 0) is 0 Å². The van der Waals surface area contributed by atoms with Gasteiger partial charge in [0.05, 0.1) is 11.6 Å². The van der Waals surface area contributed by atoms with Gasteiger partial charge in [0.2, 0.25) is 0 Å². The van der Waals surface area contributed by atoms with Crippen molar-refractivity contribution >= 4 is 11.7 Å². The highest BCUT2D eigenvalue weighted by Crippen LogP contribution is 2.22. The Morgan fingerprint density at radius 2 is 2.32 bits per heavy atom. The number of hydrogen-bond acceptors (Lipinski definition) is 3. The number of hydrogen-bond donors (Lipinski definition) is 2. The standard InChI is InChI=1S/C13H16FN3O2/c1-8-4-5-9(10(14)7-8)13(18)17-6-2-3-11(17)12(15)16-19/h4-5,7,11,19H,2-3,6H2,1H3,(H2,15,16). The zero-order chi connectivity index (χ0) is 14.0. The summed E-state index contributed by atoms with van der Waals surface area (Å²) in [7, 11) is 0. The number of halogens is 1. The SMILES string of the molecule is Cc1ccc(C(=O)N2CCCC2C(N)=NO)c(F)c1. The maximum Gasteiger partial charge on any atom is 0.257 e. The summed E-state index contributed by atoms with van der Waals surface area (Å²) >= 11 is 0. The number of carbonyl (C=O) groups is 1. The van der Waals surface area contributed by atoms with Crippen molar-refractivity contribution in [3.8, 4) is 0 Å². The van der Waals surface area contributed by atoms with Crippen LogP contribution in [-0.4, -0.2) is 34.4 Å². The third kappa shape index (κ3) is 2.52. The average molecular weight is 265 g/mol. The number of nitrogens with zero attached hydrogens (tertiary/aromatic N) is 2. The molecule has 19 heavy (non-hydrogen) atoms. The van der Waals surface area contributed by atoms with Crippen LogP contribution in [0.5, 0.6) is 0 Å². The molecule has 5 nitrogen and oxygen atoms in total. The van der Waals surface area contributed by atoms with E-state index in [1.54, 1.807) is 13.0 Å². The zero-order valence-electron chi connectivity index (χ0n) is 10.6. The molecule has 102 valence electrons. The molecule has 0 bridgehead atoms. The summed E-state index contributed by atoms with van der Waals surface area (Å²) in [5, 5.41) is 11.6. The molecular weight excluding hydrogens is 249 g/mol. The van der Waals surface area contributed by atoms with Crippen LogP contribution < -0.4 is 5.73 Å². The van der Waals surface area contributed by atoms with Crippen molar-refractivity contribution in [3.63, 3.8) is 0 Å². The van der Waals surface area contributed by atoms with Crippen molar-refractivity contribution in [3.05, 3.63) is 35.1 Å². The van der Waals surface area contributed by atoms with Gasteiger partial charge >= 0.3 is 0 Å². The van der Waals surface area contributed by atoms with Crippen LogP contribution in [0.15, 0.2) is 23.4 Å². The fourth-order valence-corrected chi connectivity index (χ4v) is 2.33. The highest BCUT2D eigenvalue weighted by molar-refractivity contribution is 5.98. The van der Waals surface area contributed by atoms with E-state index in [4.69, 9.17) is 10.9 Å². The summed E-state index contributed by atoms with van der Waals surface area (Å²) in [5.74, 6) is -0.986. The number of nitrogens with two attached hydrogens (primary N) is 1. The summed E-state index contributed by atoms with van der Waals surface area (Å²) in [5.41, 5.74) is 6.33. The molecule has 1 atom stereocenters. The van der Waals surface area contributed by atoms with Gasteiger partial charge in [0.25, 0.3) is 5.91 Å². The molecule has 2 rings (SSSR count). The molecule has 0 radical (unpaired) electrons. The van der Waals surface area contributed by atoms with E-state index in [9.17, 15) is 9.18 Å². The van der Waals surface area contributed by atoms with E-state index in [1.165, 1.54) is 17.0 Å². The predicted octanol–water partition coefficient (Wildman–Crippen LogP) is 1.49. The molecule has 1 heterocycles. The van der Waals surface area contributed by atoms with Gasteiger partial charge in [-0.05, 0) is 37.5 Å². The van der Waals surface area contributed by atoms with Crippen LogP contribution in [0.2, 0.25) is 0 Å². The highest BCUT2D eigenvalue weighted by Gasteiger charge is 2.33. The van der Waals surface area contributed by atoms with Crippen molar-refractivity contribution in [2.75, 3.05) is 6.54 Å². The van der Waals surface area contributed by atoms with E-state index >= 15 is 0 Å². The van der Waals surface area contributed by atoms with Crippen LogP contribution in [0.3, 0.4) is 0 Å². The first-order valence-electron chi connectivity index (χ1n) is 6.09. The Labute approximate surface area is 110 Å². The number of amidine groups is 1. The predicted molar refractivity (Wildman–Crippen MR) is 68.6 cm³/mol. The van der Waals surface area contributed by atoms with Crippen molar-refractivity contribution in [2.24, 2.45) is 10.9 Å². The lowest BCUT2D eigenvalue weighted by Gasteiger charge is -2.23. The smallest absolute Gasteiger partial charge is 0.257 e. The normalized spacial score (nSPS) is 19.8. The summed E-state index contributed by atoms with van der Waals surface area (Å²) < 4.78 is 13.8. The Balaban J connectivity index is 2.28. The van der Waals surface area contributed by atoms with E-state index in [-0.39, 0.29) is 11.4 Å². The minimum Gasteiger partial charge on any atom is -0.409 e. The molecule has 1 fully saturated rings. The molecule has 0 aliphatic carbocycles. The van der Waals surface area contributed by atoms with Crippen molar-refractivity contribution in [1.82, 2.24) is 4.90 Å². The van der Waals surface area contributed by atoms with Gasteiger partial charge in [-0.1, -0.05) is 11.2 Å². The second-order valence-electron chi connectivity index (χ2n) is 4.66. The molecule has 1 aliphatic rings. The lowest BCUT2D eigenvalue weighted by molar-refractivity contribution is 0.0763. The Morgan fingerprint density at radius 1 is 1.58 bits per heavy atom. The summed E-state index contributed by atoms with van der Waals surface area (Å²) in [6, 6.07) is 4.01. The monoisotopic (exact) mass is 265 g/mol. The first-order valence-corrected chi connectivity index (χ1v) is 6.09. The number of carbonyl (C=O) groups excluding carboxylic acids is 1. The Morgan fingerprint density at radius 3 is 2.95 bits per heavy atom. The van der Waals surface area contributed by atoms with Gasteiger partial charge in [-0.25, -0.2) is 4.39 Å². The molecule has 1 aromatic rings. The minimum absolute atomic E-state index is 0.0154. The van der Waals surface area contributed by atoms with Crippen LogP contribution in [0.1, 0.15) is 28.8 Å². The summed E-state index contributed by atoms with van der Waals surface area (Å²) in [6.07, 6.45) is 1.37. The molecule has 1 amide bonds. The largest absolute Gasteiger partial charge is 0.409 e. The molecular formula is C13H16FN3O2. The molecule has 6 heteroatoms. The number of oxime groups is 1. The van der Waals surface area contributed by atoms with E-state index in [0.717, 1.165) is 12.0 Å².